The van der Waals surface area contributed by atoms with Crippen LogP contribution in [-0.2, 0) is 4.79 Å². The van der Waals surface area contributed by atoms with Crippen molar-refractivity contribution in [3.63, 3.8) is 0 Å². The van der Waals surface area contributed by atoms with Crippen LogP contribution in [0.1, 0.15) is 52.0 Å². The minimum absolute atomic E-state index is 0.0394. The third-order valence-electron chi connectivity index (χ3n) is 5.66. The lowest BCUT2D eigenvalue weighted by atomic mass is 10.0. The minimum atomic E-state index is -0.998. The number of hydrogen-bond acceptors (Lipinski definition) is 7. The van der Waals surface area contributed by atoms with E-state index in [0.29, 0.717) is 23.7 Å². The Morgan fingerprint density at radius 1 is 1.00 bits per heavy atom. The maximum absolute atomic E-state index is 14.0. The standard InChI is InChI=1S/C26H32N6O3S/c1-16(2)14-15-29-25(34)22(17-10-12-18(13-11-17)31(3)4)32(19-8-6-5-7-9-19)26(35)23-20(27)21(24(28)33)30-36-23/h5-13,16,22H,14-15,27H2,1-4H3,(H2,28,33)(H,29,34)/t22-/m0/s1. The van der Waals surface area contributed by atoms with Crippen molar-refractivity contribution in [3.8, 4) is 0 Å². The normalized spacial score (nSPS) is 11.7. The van der Waals surface area contributed by atoms with E-state index in [1.165, 1.54) is 4.90 Å². The van der Waals surface area contributed by atoms with Crippen molar-refractivity contribution < 1.29 is 14.4 Å². The first-order valence-corrected chi connectivity index (χ1v) is 12.4. The number of amides is 3. The number of nitrogens with one attached hydrogen (secondary N) is 1. The Morgan fingerprint density at radius 2 is 1.64 bits per heavy atom. The number of primary amides is 1. The molecule has 36 heavy (non-hydrogen) atoms. The molecule has 1 heterocycles. The van der Waals surface area contributed by atoms with Crippen LogP contribution in [0.4, 0.5) is 17.1 Å². The summed E-state index contributed by atoms with van der Waals surface area (Å²) >= 11 is 0.783. The summed E-state index contributed by atoms with van der Waals surface area (Å²) in [5.41, 5.74) is 13.3. The summed E-state index contributed by atoms with van der Waals surface area (Å²) in [4.78, 5) is 42.7. The van der Waals surface area contributed by atoms with Gasteiger partial charge in [0.05, 0.1) is 5.69 Å². The van der Waals surface area contributed by atoms with E-state index < -0.39 is 17.9 Å². The minimum Gasteiger partial charge on any atom is -0.395 e. The predicted molar refractivity (Wildman–Crippen MR) is 144 cm³/mol. The van der Waals surface area contributed by atoms with Gasteiger partial charge in [0.2, 0.25) is 5.91 Å². The maximum Gasteiger partial charge on any atom is 0.273 e. The molecule has 1 aromatic heterocycles. The summed E-state index contributed by atoms with van der Waals surface area (Å²) in [7, 11) is 3.85. The molecule has 5 N–H and O–H groups in total. The highest BCUT2D eigenvalue weighted by molar-refractivity contribution is 7.09. The van der Waals surface area contributed by atoms with Crippen LogP contribution in [0.25, 0.3) is 0 Å². The van der Waals surface area contributed by atoms with Gasteiger partial charge < -0.3 is 21.7 Å². The molecule has 0 spiro atoms. The average molecular weight is 509 g/mol. The average Bonchev–Trinajstić information content (AvgIpc) is 3.24. The summed E-state index contributed by atoms with van der Waals surface area (Å²) in [5.74, 6) is -1.30. The number of para-hydroxylation sites is 1. The number of nitrogens with two attached hydrogens (primary N) is 2. The van der Waals surface area contributed by atoms with Crippen LogP contribution in [0.2, 0.25) is 0 Å². The second kappa shape index (κ2) is 11.7. The first-order chi connectivity index (χ1) is 17.1. The van der Waals surface area contributed by atoms with Gasteiger partial charge in [-0.25, -0.2) is 0 Å². The van der Waals surface area contributed by atoms with Crippen LogP contribution in [0.15, 0.2) is 54.6 Å². The van der Waals surface area contributed by atoms with Crippen LogP contribution in [0.5, 0.6) is 0 Å². The number of carbonyl (C=O) groups is 3. The van der Waals surface area contributed by atoms with Gasteiger partial charge in [-0.15, -0.1) is 0 Å². The zero-order valence-electron chi connectivity index (χ0n) is 20.9. The summed E-state index contributed by atoms with van der Waals surface area (Å²) in [6.45, 7) is 4.62. The Labute approximate surface area is 215 Å². The fourth-order valence-electron chi connectivity index (χ4n) is 3.66. The smallest absolute Gasteiger partial charge is 0.273 e. The summed E-state index contributed by atoms with van der Waals surface area (Å²) in [5, 5.41) is 2.98. The Balaban J connectivity index is 2.13. The van der Waals surface area contributed by atoms with Crippen LogP contribution in [-0.4, -0.2) is 42.7 Å². The monoisotopic (exact) mass is 508 g/mol. The zero-order chi connectivity index (χ0) is 26.4. The molecule has 2 aromatic carbocycles. The van der Waals surface area contributed by atoms with Gasteiger partial charge in [-0.05, 0) is 53.7 Å². The van der Waals surface area contributed by atoms with E-state index in [9.17, 15) is 14.4 Å². The number of hydrogen-bond donors (Lipinski definition) is 3. The molecule has 3 rings (SSSR count). The fraction of sp³-hybridized carbons (Fsp3) is 0.308. The van der Waals surface area contributed by atoms with E-state index in [1.54, 1.807) is 24.3 Å². The third-order valence-corrected chi connectivity index (χ3v) is 6.51. The van der Waals surface area contributed by atoms with Crippen molar-refractivity contribution >= 4 is 46.3 Å². The zero-order valence-corrected chi connectivity index (χ0v) is 21.7. The van der Waals surface area contributed by atoms with Crippen molar-refractivity contribution in [2.45, 2.75) is 26.3 Å². The Morgan fingerprint density at radius 3 is 2.17 bits per heavy atom. The Hall–Kier alpha value is -3.92. The lowest BCUT2D eigenvalue weighted by Gasteiger charge is -2.31. The van der Waals surface area contributed by atoms with Gasteiger partial charge in [0.15, 0.2) is 5.69 Å². The van der Waals surface area contributed by atoms with Crippen molar-refractivity contribution in [2.75, 3.05) is 36.2 Å². The van der Waals surface area contributed by atoms with E-state index in [1.807, 2.05) is 49.3 Å². The topological polar surface area (TPSA) is 135 Å². The van der Waals surface area contributed by atoms with Gasteiger partial charge in [-0.2, -0.15) is 4.37 Å². The molecule has 0 saturated carbocycles. The first-order valence-electron chi connectivity index (χ1n) is 11.6. The number of nitrogens with zero attached hydrogens (tertiary/aromatic N) is 3. The van der Waals surface area contributed by atoms with E-state index in [-0.39, 0.29) is 22.2 Å². The highest BCUT2D eigenvalue weighted by Crippen LogP contribution is 2.33. The summed E-state index contributed by atoms with van der Waals surface area (Å²) in [6.07, 6.45) is 0.793. The number of rotatable bonds is 10. The number of anilines is 3. The molecular formula is C26H32N6O3S. The van der Waals surface area contributed by atoms with Crippen molar-refractivity contribution in [1.82, 2.24) is 9.69 Å². The number of benzene rings is 2. The molecule has 3 aromatic rings. The molecule has 0 bridgehead atoms. The molecule has 9 nitrogen and oxygen atoms in total. The summed E-state index contributed by atoms with van der Waals surface area (Å²) < 4.78 is 3.98. The third kappa shape index (κ3) is 6.01. The van der Waals surface area contributed by atoms with E-state index >= 15 is 0 Å². The highest BCUT2D eigenvalue weighted by atomic mass is 32.1. The Bertz CT molecular complexity index is 1210. The number of nitrogen functional groups attached to an aromatic ring is 1. The van der Waals surface area contributed by atoms with E-state index in [4.69, 9.17) is 11.5 Å². The predicted octanol–water partition coefficient (Wildman–Crippen LogP) is 3.44. The molecule has 0 radical (unpaired) electrons. The largest absolute Gasteiger partial charge is 0.395 e. The van der Waals surface area contributed by atoms with Gasteiger partial charge in [-0.1, -0.05) is 44.2 Å². The number of carbonyl (C=O) groups excluding carboxylic acids is 3. The van der Waals surface area contributed by atoms with Gasteiger partial charge >= 0.3 is 0 Å². The lowest BCUT2D eigenvalue weighted by Crippen LogP contribution is -2.44. The van der Waals surface area contributed by atoms with Crippen molar-refractivity contribution in [2.24, 2.45) is 11.7 Å². The molecule has 190 valence electrons. The molecule has 1 atom stereocenters. The molecular weight excluding hydrogens is 476 g/mol. The molecule has 0 aliphatic carbocycles. The maximum atomic E-state index is 14.0. The molecule has 0 fully saturated rings. The second-order valence-electron chi connectivity index (χ2n) is 9.01. The number of aromatic nitrogens is 1. The highest BCUT2D eigenvalue weighted by Gasteiger charge is 2.36. The van der Waals surface area contributed by atoms with Gasteiger partial charge in [0.1, 0.15) is 10.9 Å². The van der Waals surface area contributed by atoms with Crippen LogP contribution in [0, 0.1) is 5.92 Å². The summed E-state index contributed by atoms with van der Waals surface area (Å²) in [6, 6.07) is 15.3. The van der Waals surface area contributed by atoms with Gasteiger partial charge in [0, 0.05) is 32.0 Å². The van der Waals surface area contributed by atoms with Crippen LogP contribution >= 0.6 is 11.5 Å². The quantitative estimate of drug-likeness (QED) is 0.384. The molecule has 3 amide bonds. The second-order valence-corrected chi connectivity index (χ2v) is 9.78. The first kappa shape index (κ1) is 26.7. The lowest BCUT2D eigenvalue weighted by molar-refractivity contribution is -0.122. The molecule has 0 aliphatic rings. The molecule has 0 aliphatic heterocycles. The van der Waals surface area contributed by atoms with E-state index in [2.05, 4.69) is 23.5 Å². The molecule has 10 heteroatoms. The van der Waals surface area contributed by atoms with Crippen molar-refractivity contribution in [3.05, 3.63) is 70.7 Å². The molecule has 0 saturated heterocycles. The van der Waals surface area contributed by atoms with E-state index in [0.717, 1.165) is 23.6 Å². The molecule has 0 unspecified atom stereocenters. The van der Waals surface area contributed by atoms with Crippen molar-refractivity contribution in [1.29, 1.82) is 0 Å². The van der Waals surface area contributed by atoms with Crippen LogP contribution < -0.4 is 26.6 Å². The van der Waals surface area contributed by atoms with Gasteiger partial charge in [-0.3, -0.25) is 19.3 Å². The fourth-order valence-corrected chi connectivity index (χ4v) is 4.41. The van der Waals surface area contributed by atoms with Crippen LogP contribution in [0.3, 0.4) is 0 Å². The Kier molecular flexibility index (Phi) is 8.65. The SMILES string of the molecule is CC(C)CCNC(=O)[C@H](c1ccc(N(C)C)cc1)N(C(=O)c1snc(C(N)=O)c1N)c1ccccc1. The van der Waals surface area contributed by atoms with Gasteiger partial charge in [0.25, 0.3) is 11.8 Å².